The summed E-state index contributed by atoms with van der Waals surface area (Å²) in [5, 5.41) is 75.7. The van der Waals surface area contributed by atoms with Gasteiger partial charge in [0.1, 0.15) is 91.1 Å². The van der Waals surface area contributed by atoms with Crippen LogP contribution in [-0.4, -0.2) is 218 Å². The SMILES string of the molecule is CC(=O)NC1C(OC2C3COC(O3)C(NC(C)=O)C2OC(C)C(=O)NC(C)C(=O)NC(CCC(=O)NC(CSCC(N)C(=O)O)C(=O)NC(C)C(=O)NC(C)C(=O)O)C(=O)O)OC(CO)C(O)C1O. The van der Waals surface area contributed by atoms with Gasteiger partial charge in [-0.15, -0.1) is 0 Å². The van der Waals surface area contributed by atoms with E-state index in [-0.39, 0.29) is 18.1 Å². The highest BCUT2D eigenvalue weighted by Crippen LogP contribution is 2.35. The van der Waals surface area contributed by atoms with Gasteiger partial charge in [0.25, 0.3) is 0 Å². The summed E-state index contributed by atoms with van der Waals surface area (Å²) in [4.78, 5) is 124. The first-order valence-electron chi connectivity index (χ1n) is 21.5. The van der Waals surface area contributed by atoms with Crippen molar-refractivity contribution in [2.45, 2.75) is 158 Å². The average molecular weight is 1010 g/mol. The first kappa shape index (κ1) is 58.0. The second-order valence-corrected chi connectivity index (χ2v) is 17.5. The number of fused-ring (bicyclic) bond motifs is 2. The number of amides is 7. The summed E-state index contributed by atoms with van der Waals surface area (Å²) >= 11 is 0.861. The molecule has 0 aromatic rings. The zero-order valence-corrected chi connectivity index (χ0v) is 39.2. The van der Waals surface area contributed by atoms with E-state index in [2.05, 4.69) is 37.2 Å². The molecule has 30 heteroatoms. The summed E-state index contributed by atoms with van der Waals surface area (Å²) in [5.41, 5.74) is 5.53. The van der Waals surface area contributed by atoms with Gasteiger partial charge in [0.05, 0.1) is 13.2 Å². The van der Waals surface area contributed by atoms with Gasteiger partial charge in [-0.1, -0.05) is 0 Å². The fraction of sp³-hybridized carbons (Fsp3) is 0.744. The molecule has 0 radical (unpaired) electrons. The number of carboxylic acid groups (broad SMARTS) is 3. The van der Waals surface area contributed by atoms with Crippen molar-refractivity contribution in [2.75, 3.05) is 24.7 Å². The van der Waals surface area contributed by atoms with E-state index in [4.69, 9.17) is 39.6 Å². The standard InChI is InChI=1S/C39H62N8O21S/c1-13(31(54)43-15(3)35(58)59)42-34(57)21(12-69-11-19(40)36(60)61)46-24(51)8-7-20(37(62)63)47-32(55)14(2)41-33(56)16(4)65-30-26(45-18(6)50)38-64-10-23(67-38)29(30)68-39-25(44-17(5)49)28(53)27(52)22(9-48)66-39/h13-16,19-23,25-30,38-39,48,52-53H,7-12,40H2,1-6H3,(H,41,56)(H,42,57)(H,43,54)(H,44,49)(H,45,50)(H,46,51)(H,47,55)(H,58,59)(H,60,61)(H,62,63). The molecule has 69 heavy (non-hydrogen) atoms. The van der Waals surface area contributed by atoms with Crippen molar-refractivity contribution >= 4 is 71.0 Å². The monoisotopic (exact) mass is 1010 g/mol. The predicted octanol–water partition coefficient (Wildman–Crippen LogP) is -7.07. The average Bonchev–Trinajstić information content (AvgIpc) is 3.71. The molecule has 390 valence electrons. The number of hydrogen-bond acceptors (Lipinski definition) is 20. The third-order valence-electron chi connectivity index (χ3n) is 10.8. The molecular formula is C39H62N8O21S. The molecule has 17 atom stereocenters. The van der Waals surface area contributed by atoms with Crippen LogP contribution >= 0.6 is 11.8 Å². The lowest BCUT2D eigenvalue weighted by Crippen LogP contribution is -2.68. The van der Waals surface area contributed by atoms with Gasteiger partial charge >= 0.3 is 17.9 Å². The van der Waals surface area contributed by atoms with E-state index in [0.717, 1.165) is 18.7 Å². The summed E-state index contributed by atoms with van der Waals surface area (Å²) in [6, 6.07) is -11.1. The lowest BCUT2D eigenvalue weighted by molar-refractivity contribution is -0.313. The molecule has 3 heterocycles. The molecule has 7 amide bonds. The predicted molar refractivity (Wildman–Crippen MR) is 231 cm³/mol. The Morgan fingerprint density at radius 2 is 1.26 bits per heavy atom. The zero-order valence-electron chi connectivity index (χ0n) is 38.4. The van der Waals surface area contributed by atoms with Crippen molar-refractivity contribution in [1.29, 1.82) is 0 Å². The Balaban J connectivity index is 1.69. The lowest BCUT2D eigenvalue weighted by Gasteiger charge is -2.47. The van der Waals surface area contributed by atoms with Crippen LogP contribution in [0.2, 0.25) is 0 Å². The smallest absolute Gasteiger partial charge is 0.326 e. The lowest BCUT2D eigenvalue weighted by atomic mass is 9.95. The number of ether oxygens (including phenoxy) is 5. The van der Waals surface area contributed by atoms with Crippen LogP contribution in [0.25, 0.3) is 0 Å². The second kappa shape index (κ2) is 26.6. The first-order valence-corrected chi connectivity index (χ1v) is 22.7. The maximum absolute atomic E-state index is 13.5. The molecule has 0 aromatic heterocycles. The summed E-state index contributed by atoms with van der Waals surface area (Å²) in [6.07, 6.45) is -13.6. The van der Waals surface area contributed by atoms with Crippen LogP contribution < -0.4 is 43.0 Å². The third-order valence-corrected chi connectivity index (χ3v) is 11.9. The van der Waals surface area contributed by atoms with Crippen LogP contribution in [0.4, 0.5) is 0 Å². The number of nitrogens with one attached hydrogen (secondary N) is 7. The highest BCUT2D eigenvalue weighted by molar-refractivity contribution is 7.99. The molecule has 3 fully saturated rings. The quantitative estimate of drug-likeness (QED) is 0.0383. The van der Waals surface area contributed by atoms with Gasteiger partial charge < -0.3 is 97.3 Å². The number of thioether (sulfide) groups is 1. The number of aliphatic hydroxyl groups excluding tert-OH is 3. The van der Waals surface area contributed by atoms with E-state index >= 15 is 0 Å². The molecule has 3 aliphatic rings. The molecule has 3 aliphatic heterocycles. The number of carboxylic acids is 3. The Morgan fingerprint density at radius 1 is 0.681 bits per heavy atom. The zero-order chi connectivity index (χ0) is 52.0. The Labute approximate surface area is 398 Å². The fourth-order valence-electron chi connectivity index (χ4n) is 6.96. The Bertz CT molecular complexity index is 1880. The fourth-order valence-corrected chi connectivity index (χ4v) is 7.96. The molecule has 0 aromatic carbocycles. The number of aliphatic hydroxyl groups is 3. The Kier molecular flexibility index (Phi) is 22.4. The van der Waals surface area contributed by atoms with E-state index in [9.17, 15) is 68.4 Å². The molecule has 0 spiro atoms. The third kappa shape index (κ3) is 17.0. The summed E-state index contributed by atoms with van der Waals surface area (Å²) in [6.45, 7) is 6.33. The topological polar surface area (TPSA) is 448 Å². The number of aliphatic carboxylic acids is 3. The minimum absolute atomic E-state index is 0.128. The van der Waals surface area contributed by atoms with Gasteiger partial charge in [-0.05, 0) is 34.1 Å². The molecule has 2 bridgehead atoms. The number of nitrogens with two attached hydrogens (primary N) is 1. The molecular weight excluding hydrogens is 949 g/mol. The maximum atomic E-state index is 13.5. The molecule has 17 unspecified atom stereocenters. The highest BCUT2D eigenvalue weighted by atomic mass is 32.2. The van der Waals surface area contributed by atoms with Crippen molar-refractivity contribution < 1.29 is 102 Å². The van der Waals surface area contributed by atoms with Crippen molar-refractivity contribution in [1.82, 2.24) is 37.2 Å². The molecule has 3 saturated heterocycles. The van der Waals surface area contributed by atoms with Crippen molar-refractivity contribution in [3.8, 4) is 0 Å². The minimum atomic E-state index is -1.73. The van der Waals surface area contributed by atoms with Gasteiger partial charge in [0.2, 0.25) is 41.4 Å². The molecule has 3 rings (SSSR count). The molecule has 0 saturated carbocycles. The maximum Gasteiger partial charge on any atom is 0.326 e. The van der Waals surface area contributed by atoms with E-state index < -0.39 is 182 Å². The van der Waals surface area contributed by atoms with Crippen LogP contribution in [0.3, 0.4) is 0 Å². The van der Waals surface area contributed by atoms with Crippen LogP contribution in [0.15, 0.2) is 0 Å². The van der Waals surface area contributed by atoms with Crippen LogP contribution in [0.1, 0.15) is 54.4 Å². The van der Waals surface area contributed by atoms with Gasteiger partial charge in [-0.25, -0.2) is 4.79 Å². The van der Waals surface area contributed by atoms with Crippen molar-refractivity contribution in [2.24, 2.45) is 5.73 Å². The number of rotatable bonds is 26. The van der Waals surface area contributed by atoms with Gasteiger partial charge in [0.15, 0.2) is 12.6 Å². The number of hydrogen-bond donors (Lipinski definition) is 14. The van der Waals surface area contributed by atoms with E-state index in [1.165, 1.54) is 34.6 Å². The van der Waals surface area contributed by atoms with Crippen molar-refractivity contribution in [3.05, 3.63) is 0 Å². The summed E-state index contributed by atoms with van der Waals surface area (Å²) in [5.74, 6) is -10.6. The Hall–Kier alpha value is -5.31. The second-order valence-electron chi connectivity index (χ2n) is 16.4. The number of carbonyl (C=O) groups is 10. The van der Waals surface area contributed by atoms with Crippen LogP contribution in [0.5, 0.6) is 0 Å². The largest absolute Gasteiger partial charge is 0.480 e. The molecule has 0 aliphatic carbocycles. The van der Waals surface area contributed by atoms with E-state index in [1.54, 1.807) is 0 Å². The van der Waals surface area contributed by atoms with E-state index in [1.807, 2.05) is 0 Å². The Morgan fingerprint density at radius 3 is 1.83 bits per heavy atom. The summed E-state index contributed by atoms with van der Waals surface area (Å²) < 4.78 is 29.7. The number of carbonyl (C=O) groups excluding carboxylic acids is 7. The van der Waals surface area contributed by atoms with Crippen molar-refractivity contribution in [3.63, 3.8) is 0 Å². The molecule has 15 N–H and O–H groups in total. The highest BCUT2D eigenvalue weighted by Gasteiger charge is 2.56. The first-order chi connectivity index (χ1) is 32.2. The van der Waals surface area contributed by atoms with E-state index in [0.29, 0.717) is 0 Å². The van der Waals surface area contributed by atoms with Gasteiger partial charge in [0, 0.05) is 31.8 Å². The van der Waals surface area contributed by atoms with Crippen LogP contribution in [0, 0.1) is 0 Å². The minimum Gasteiger partial charge on any atom is -0.480 e. The normalized spacial score (nSPS) is 28.1. The molecule has 29 nitrogen and oxygen atoms in total. The summed E-state index contributed by atoms with van der Waals surface area (Å²) in [7, 11) is 0. The van der Waals surface area contributed by atoms with Gasteiger partial charge in [-0.2, -0.15) is 11.8 Å². The van der Waals surface area contributed by atoms with Gasteiger partial charge in [-0.3, -0.25) is 43.2 Å². The van der Waals surface area contributed by atoms with Crippen LogP contribution in [-0.2, 0) is 71.6 Å².